The summed E-state index contributed by atoms with van der Waals surface area (Å²) in [5.41, 5.74) is 0. The molecule has 108 valence electrons. The number of rotatable bonds is 0. The van der Waals surface area contributed by atoms with E-state index >= 15 is 0 Å². The molecule has 1 fully saturated rings. The van der Waals surface area contributed by atoms with Gasteiger partial charge >= 0.3 is 56.5 Å². The monoisotopic (exact) mass is 316 g/mol. The van der Waals surface area contributed by atoms with E-state index in [9.17, 15) is 26.3 Å². The van der Waals surface area contributed by atoms with Crippen molar-refractivity contribution in [1.82, 2.24) is 0 Å². The predicted molar refractivity (Wildman–Crippen MR) is 51.6 cm³/mol. The maximum absolute atomic E-state index is 11.9. The summed E-state index contributed by atoms with van der Waals surface area (Å²) in [6.45, 7) is 0. The Bertz CT molecular complexity index is 307. The molecule has 0 bridgehead atoms. The number of hydrogen-bond donors (Lipinski definition) is 0. The van der Waals surface area contributed by atoms with Gasteiger partial charge in [-0.15, -0.1) is 0 Å². The van der Waals surface area contributed by atoms with Crippen LogP contribution in [0.4, 0.5) is 26.3 Å². The molecule has 0 nitrogen and oxygen atoms in total. The fourth-order valence-corrected chi connectivity index (χ4v) is 1.82. The quantitative estimate of drug-likeness (QED) is 0.349. The zero-order valence-electron chi connectivity index (χ0n) is 9.22. The SMILES string of the molecule is C1=C\CC/C=C\CC/1.FC(F)(F)[C]1(F)[Ni][C]1(F)F. The number of alkyl halides is 6. The Morgan fingerprint density at radius 1 is 0.778 bits per heavy atom. The van der Waals surface area contributed by atoms with E-state index in [0.29, 0.717) is 0 Å². The van der Waals surface area contributed by atoms with E-state index in [1.807, 2.05) is 0 Å². The first-order valence-electron chi connectivity index (χ1n) is 5.25. The second-order valence-electron chi connectivity index (χ2n) is 3.67. The summed E-state index contributed by atoms with van der Waals surface area (Å²) in [5.74, 6) is 0. The average Bonchev–Trinajstić information content (AvgIpc) is 2.65. The normalized spacial score (nSPS) is 33.9. The van der Waals surface area contributed by atoms with Gasteiger partial charge in [-0.05, 0) is 25.7 Å². The standard InChI is InChI=1S/C8H12.C3F6.Ni/c1-2-4-6-8-7-5-3-1;4-1(2(5)6)3(7,8)9;/h1-2,7-8H,3-6H2;;/b2-1-,8-7-;;. The van der Waals surface area contributed by atoms with Gasteiger partial charge in [0.2, 0.25) is 0 Å². The van der Waals surface area contributed by atoms with E-state index in [0.717, 1.165) is 0 Å². The molecule has 1 aliphatic carbocycles. The van der Waals surface area contributed by atoms with Gasteiger partial charge in [-0.2, -0.15) is 0 Å². The number of halogens is 6. The van der Waals surface area contributed by atoms with Gasteiger partial charge in [0, 0.05) is 0 Å². The van der Waals surface area contributed by atoms with E-state index in [2.05, 4.69) is 24.3 Å². The molecule has 1 aliphatic heterocycles. The summed E-state index contributed by atoms with van der Waals surface area (Å²) in [4.78, 5) is -4.27. The van der Waals surface area contributed by atoms with Crippen molar-refractivity contribution in [3.05, 3.63) is 24.3 Å². The first-order valence-corrected chi connectivity index (χ1v) is 6.24. The molecule has 0 aromatic rings. The molecule has 2 aliphatic rings. The van der Waals surface area contributed by atoms with Crippen LogP contribution in [0.15, 0.2) is 24.3 Å². The van der Waals surface area contributed by atoms with Gasteiger partial charge in [-0.3, -0.25) is 0 Å². The van der Waals surface area contributed by atoms with Crippen LogP contribution < -0.4 is 0 Å². The van der Waals surface area contributed by atoms with Gasteiger partial charge < -0.3 is 0 Å². The van der Waals surface area contributed by atoms with E-state index in [1.54, 1.807) is 0 Å². The van der Waals surface area contributed by atoms with Crippen molar-refractivity contribution >= 4 is 0 Å². The molecule has 18 heavy (non-hydrogen) atoms. The molecule has 0 aromatic carbocycles. The van der Waals surface area contributed by atoms with Gasteiger partial charge in [0.25, 0.3) is 0 Å². The van der Waals surface area contributed by atoms with E-state index in [-0.39, 0.29) is 0 Å². The minimum atomic E-state index is -5.46. The molecular formula is C11H12F6Ni. The van der Waals surface area contributed by atoms with Crippen molar-refractivity contribution in [2.45, 2.75) is 41.4 Å². The van der Waals surface area contributed by atoms with Crippen molar-refractivity contribution in [2.75, 3.05) is 0 Å². The summed E-state index contributed by atoms with van der Waals surface area (Å²) in [6, 6.07) is 0. The zero-order valence-corrected chi connectivity index (χ0v) is 10.2. The van der Waals surface area contributed by atoms with Crippen LogP contribution in [-0.4, -0.2) is 15.7 Å². The predicted octanol–water partition coefficient (Wildman–Crippen LogP) is 4.58. The molecule has 0 aromatic heterocycles. The van der Waals surface area contributed by atoms with Crippen molar-refractivity contribution in [3.8, 4) is 0 Å². The van der Waals surface area contributed by atoms with Crippen LogP contribution in [0.5, 0.6) is 0 Å². The van der Waals surface area contributed by atoms with Crippen molar-refractivity contribution in [2.24, 2.45) is 0 Å². The Morgan fingerprint density at radius 2 is 1.06 bits per heavy atom. The molecule has 0 spiro atoms. The van der Waals surface area contributed by atoms with Gasteiger partial charge in [0.1, 0.15) is 0 Å². The third kappa shape index (κ3) is 3.77. The topological polar surface area (TPSA) is 0 Å². The molecule has 0 amide bonds. The molecule has 7 heteroatoms. The molecule has 1 heterocycles. The van der Waals surface area contributed by atoms with Gasteiger partial charge in [-0.25, -0.2) is 0 Å². The molecule has 0 N–H and O–H groups in total. The number of allylic oxidation sites excluding steroid dienone is 4. The number of hydrogen-bond acceptors (Lipinski definition) is 0. The molecule has 0 saturated carbocycles. The Labute approximate surface area is 107 Å². The summed E-state index contributed by atoms with van der Waals surface area (Å²) in [7, 11) is 0. The van der Waals surface area contributed by atoms with Crippen LogP contribution in [0.25, 0.3) is 0 Å². The van der Waals surface area contributed by atoms with Crippen LogP contribution in [0.3, 0.4) is 0 Å². The third-order valence-corrected chi connectivity index (χ3v) is 3.51. The third-order valence-electron chi connectivity index (χ3n) is 2.18. The zero-order chi connectivity index (χ0) is 13.9. The van der Waals surface area contributed by atoms with Crippen molar-refractivity contribution in [3.63, 3.8) is 0 Å². The summed E-state index contributed by atoms with van der Waals surface area (Å²) >= 11 is -1.20. The summed E-state index contributed by atoms with van der Waals surface area (Å²) in [5, 5.41) is 0. The fourth-order valence-electron chi connectivity index (χ4n) is 1.17. The first kappa shape index (κ1) is 15.6. The average molecular weight is 317 g/mol. The second-order valence-corrected chi connectivity index (χ2v) is 5.21. The molecule has 1 unspecified atom stereocenters. The molecule has 0 radical (unpaired) electrons. The molecule has 2 rings (SSSR count). The van der Waals surface area contributed by atoms with Gasteiger partial charge in [-0.1, -0.05) is 24.3 Å². The van der Waals surface area contributed by atoms with Crippen LogP contribution in [0, 0.1) is 0 Å². The van der Waals surface area contributed by atoms with Crippen LogP contribution in [0.2, 0.25) is 0 Å². The van der Waals surface area contributed by atoms with Gasteiger partial charge in [0.05, 0.1) is 0 Å². The van der Waals surface area contributed by atoms with E-state index < -0.39 is 30.1 Å². The molecule has 1 atom stereocenters. The maximum atomic E-state index is 11.9. The molecular weight excluding hydrogens is 305 g/mol. The minimum absolute atomic E-state index is 1.20. The van der Waals surface area contributed by atoms with Crippen LogP contribution in [0.1, 0.15) is 25.7 Å². The van der Waals surface area contributed by atoms with E-state index in [1.165, 1.54) is 25.7 Å². The fraction of sp³-hybridized carbons (Fsp3) is 0.636. The Morgan fingerprint density at radius 3 is 1.17 bits per heavy atom. The van der Waals surface area contributed by atoms with Crippen molar-refractivity contribution in [1.29, 1.82) is 0 Å². The van der Waals surface area contributed by atoms with Crippen LogP contribution in [-0.2, 0) is 14.4 Å². The second kappa shape index (κ2) is 5.68. The van der Waals surface area contributed by atoms with E-state index in [4.69, 9.17) is 0 Å². The summed E-state index contributed by atoms with van der Waals surface area (Å²) < 4.78 is 64.4. The Balaban J connectivity index is 0.000000184. The first-order chi connectivity index (χ1) is 8.21. The Hall–Kier alpha value is -0.446. The molecule has 1 saturated heterocycles. The summed E-state index contributed by atoms with van der Waals surface area (Å²) in [6.07, 6.45) is 8.54. The van der Waals surface area contributed by atoms with Crippen molar-refractivity contribution < 1.29 is 40.8 Å². The Kier molecular flexibility index (Phi) is 4.93. The van der Waals surface area contributed by atoms with Gasteiger partial charge in [0.15, 0.2) is 0 Å². The van der Waals surface area contributed by atoms with Crippen LogP contribution >= 0.6 is 0 Å².